The Bertz CT molecular complexity index is 660. The molecule has 1 aliphatic heterocycles. The lowest BCUT2D eigenvalue weighted by Crippen LogP contribution is -2.34. The lowest BCUT2D eigenvalue weighted by molar-refractivity contribution is 0.414. The van der Waals surface area contributed by atoms with Crippen LogP contribution < -0.4 is 4.74 Å². The number of ether oxygens (including phenoxy) is 1. The number of hydrogen-bond acceptors (Lipinski definition) is 2. The van der Waals surface area contributed by atoms with Gasteiger partial charge in [0.25, 0.3) is 0 Å². The fraction of sp³-hybridized carbons (Fsp3) is 0.409. The molecule has 1 heterocycles. The summed E-state index contributed by atoms with van der Waals surface area (Å²) in [6.07, 6.45) is 2.01. The molecule has 128 valence electrons. The Morgan fingerprint density at radius 2 is 1.58 bits per heavy atom. The molecule has 0 saturated heterocycles. The van der Waals surface area contributed by atoms with Crippen molar-refractivity contribution >= 4 is 5.71 Å². The third-order valence-corrected chi connectivity index (χ3v) is 4.65. The van der Waals surface area contributed by atoms with Crippen LogP contribution in [0.2, 0.25) is 0 Å². The zero-order valence-corrected chi connectivity index (χ0v) is 15.5. The van der Waals surface area contributed by atoms with Gasteiger partial charge < -0.3 is 4.74 Å². The van der Waals surface area contributed by atoms with Gasteiger partial charge in [-0.3, -0.25) is 4.99 Å². The molecule has 0 spiro atoms. The molecule has 2 aromatic rings. The van der Waals surface area contributed by atoms with Gasteiger partial charge >= 0.3 is 0 Å². The van der Waals surface area contributed by atoms with Crippen LogP contribution in [0.4, 0.5) is 0 Å². The molecule has 1 aliphatic rings. The van der Waals surface area contributed by atoms with Crippen LogP contribution in [-0.2, 0) is 5.41 Å². The molecule has 2 unspecified atom stereocenters. The Morgan fingerprint density at radius 1 is 1.00 bits per heavy atom. The van der Waals surface area contributed by atoms with Crippen molar-refractivity contribution in [3.8, 4) is 5.75 Å². The summed E-state index contributed by atoms with van der Waals surface area (Å²) in [5.74, 6) is 0.896. The third kappa shape index (κ3) is 3.24. The summed E-state index contributed by atoms with van der Waals surface area (Å²) in [6.45, 7) is 8.42. The molecule has 0 amide bonds. The van der Waals surface area contributed by atoms with Crippen molar-refractivity contribution < 1.29 is 4.74 Å². The monoisotopic (exact) mass is 323 g/mol. The zero-order chi connectivity index (χ0) is 17.6. The lowest BCUT2D eigenvalue weighted by atomic mass is 9.68. The Labute approximate surface area is 146 Å². The maximum atomic E-state index is 5.31. The Morgan fingerprint density at radius 3 is 2.12 bits per heavy atom. The van der Waals surface area contributed by atoms with E-state index >= 15 is 0 Å². The predicted molar refractivity (Wildman–Crippen MR) is 103 cm³/mol. The minimum absolute atomic E-state index is 0.0955. The topological polar surface area (TPSA) is 21.6 Å². The van der Waals surface area contributed by atoms with Crippen molar-refractivity contribution in [2.75, 3.05) is 7.11 Å². The SMILES string of the molecule is CC.CCC1=NC(C)CC1(c1ccccc1)c1ccc(OC)cc1. The molecule has 24 heavy (non-hydrogen) atoms. The second-order valence-corrected chi connectivity index (χ2v) is 5.98. The highest BCUT2D eigenvalue weighted by atomic mass is 16.5. The van der Waals surface area contributed by atoms with Crippen LogP contribution in [0.25, 0.3) is 0 Å². The van der Waals surface area contributed by atoms with E-state index in [0.29, 0.717) is 6.04 Å². The number of nitrogens with zero attached hydrogens (tertiary/aromatic N) is 1. The Kier molecular flexibility index (Phi) is 6.19. The number of hydrogen-bond donors (Lipinski definition) is 0. The van der Waals surface area contributed by atoms with E-state index in [-0.39, 0.29) is 5.41 Å². The Balaban J connectivity index is 0.00000100. The minimum Gasteiger partial charge on any atom is -0.497 e. The summed E-state index contributed by atoms with van der Waals surface area (Å²) < 4.78 is 5.31. The molecular weight excluding hydrogens is 294 g/mol. The number of aliphatic imine (C=N–C) groups is 1. The van der Waals surface area contributed by atoms with Crippen LogP contribution >= 0.6 is 0 Å². The molecule has 3 rings (SSSR count). The first-order valence-electron chi connectivity index (χ1n) is 8.98. The van der Waals surface area contributed by atoms with Gasteiger partial charge in [0.1, 0.15) is 5.75 Å². The van der Waals surface area contributed by atoms with Gasteiger partial charge in [0.05, 0.1) is 12.5 Å². The van der Waals surface area contributed by atoms with E-state index in [0.717, 1.165) is 18.6 Å². The van der Waals surface area contributed by atoms with Gasteiger partial charge in [0.15, 0.2) is 0 Å². The van der Waals surface area contributed by atoms with Crippen LogP contribution in [0.1, 0.15) is 51.7 Å². The van der Waals surface area contributed by atoms with Crippen molar-refractivity contribution in [1.82, 2.24) is 0 Å². The first kappa shape index (κ1) is 18.3. The fourth-order valence-electron chi connectivity index (χ4n) is 3.71. The molecule has 2 atom stereocenters. The van der Waals surface area contributed by atoms with Crippen LogP contribution in [-0.4, -0.2) is 18.9 Å². The van der Waals surface area contributed by atoms with Crippen LogP contribution in [0.3, 0.4) is 0 Å². The Hall–Kier alpha value is -2.09. The predicted octanol–water partition coefficient (Wildman–Crippen LogP) is 5.65. The minimum atomic E-state index is -0.0955. The van der Waals surface area contributed by atoms with Gasteiger partial charge in [-0.2, -0.15) is 0 Å². The van der Waals surface area contributed by atoms with Crippen molar-refractivity contribution in [2.24, 2.45) is 4.99 Å². The van der Waals surface area contributed by atoms with Gasteiger partial charge in [-0.05, 0) is 43.0 Å². The fourth-order valence-corrected chi connectivity index (χ4v) is 3.71. The average molecular weight is 323 g/mol. The molecule has 0 aliphatic carbocycles. The quantitative estimate of drug-likeness (QED) is 0.712. The maximum Gasteiger partial charge on any atom is 0.118 e. The van der Waals surface area contributed by atoms with Crippen LogP contribution in [0.15, 0.2) is 59.6 Å². The highest BCUT2D eigenvalue weighted by Gasteiger charge is 2.43. The van der Waals surface area contributed by atoms with Crippen molar-refractivity contribution in [3.05, 3.63) is 65.7 Å². The van der Waals surface area contributed by atoms with Gasteiger partial charge in [-0.25, -0.2) is 0 Å². The lowest BCUT2D eigenvalue weighted by Gasteiger charge is -2.32. The van der Waals surface area contributed by atoms with E-state index in [1.54, 1.807) is 7.11 Å². The summed E-state index contributed by atoms with van der Waals surface area (Å²) in [5, 5.41) is 0. The van der Waals surface area contributed by atoms with Crippen molar-refractivity contribution in [1.29, 1.82) is 0 Å². The number of rotatable bonds is 4. The summed E-state index contributed by atoms with van der Waals surface area (Å²) >= 11 is 0. The number of benzene rings is 2. The van der Waals surface area contributed by atoms with E-state index in [1.165, 1.54) is 16.8 Å². The third-order valence-electron chi connectivity index (χ3n) is 4.65. The van der Waals surface area contributed by atoms with Crippen molar-refractivity contribution in [2.45, 2.75) is 52.0 Å². The summed E-state index contributed by atoms with van der Waals surface area (Å²) in [4.78, 5) is 4.94. The van der Waals surface area contributed by atoms with Gasteiger partial charge in [-0.1, -0.05) is 63.2 Å². The average Bonchev–Trinajstić information content (AvgIpc) is 3.01. The molecule has 0 fully saturated rings. The van der Waals surface area contributed by atoms with E-state index in [1.807, 2.05) is 13.8 Å². The standard InChI is InChI=1S/C20H23NO.C2H6/c1-4-19-20(14-15(2)21-19,16-8-6-5-7-9-16)17-10-12-18(22-3)13-11-17;1-2/h5-13,15H,4,14H2,1-3H3;1-2H3. The first-order valence-corrected chi connectivity index (χ1v) is 8.98. The molecule has 2 nitrogen and oxygen atoms in total. The van der Waals surface area contributed by atoms with E-state index in [4.69, 9.17) is 9.73 Å². The normalized spacial score (nSPS) is 22.4. The molecule has 0 bridgehead atoms. The molecule has 2 heteroatoms. The largest absolute Gasteiger partial charge is 0.497 e. The summed E-state index contributed by atoms with van der Waals surface area (Å²) in [5.41, 5.74) is 3.84. The molecule has 0 aromatic heterocycles. The number of methoxy groups -OCH3 is 1. The second-order valence-electron chi connectivity index (χ2n) is 5.98. The first-order chi connectivity index (χ1) is 11.7. The molecule has 0 N–H and O–H groups in total. The summed E-state index contributed by atoms with van der Waals surface area (Å²) in [6, 6.07) is 19.6. The summed E-state index contributed by atoms with van der Waals surface area (Å²) in [7, 11) is 1.71. The smallest absolute Gasteiger partial charge is 0.118 e. The van der Waals surface area contributed by atoms with E-state index < -0.39 is 0 Å². The highest BCUT2D eigenvalue weighted by Crippen LogP contribution is 2.44. The maximum absolute atomic E-state index is 5.31. The molecular formula is C22H29NO. The molecule has 0 radical (unpaired) electrons. The molecule has 2 aromatic carbocycles. The van der Waals surface area contributed by atoms with E-state index in [2.05, 4.69) is 68.4 Å². The highest BCUT2D eigenvalue weighted by molar-refractivity contribution is 5.99. The van der Waals surface area contributed by atoms with Crippen LogP contribution in [0, 0.1) is 0 Å². The van der Waals surface area contributed by atoms with E-state index in [9.17, 15) is 0 Å². The zero-order valence-electron chi connectivity index (χ0n) is 15.5. The molecule has 0 saturated carbocycles. The van der Waals surface area contributed by atoms with Gasteiger partial charge in [-0.15, -0.1) is 0 Å². The second kappa shape index (κ2) is 8.14. The van der Waals surface area contributed by atoms with Crippen LogP contribution in [0.5, 0.6) is 5.75 Å². The van der Waals surface area contributed by atoms with Crippen molar-refractivity contribution in [3.63, 3.8) is 0 Å². The van der Waals surface area contributed by atoms with Gasteiger partial charge in [0.2, 0.25) is 0 Å². The van der Waals surface area contributed by atoms with Gasteiger partial charge in [0, 0.05) is 11.8 Å².